The smallest absolute Gasteiger partial charge is 0.105 e. The van der Waals surface area contributed by atoms with Gasteiger partial charge >= 0.3 is 0 Å². The number of nitrogens with two attached hydrogens (primary N) is 1. The molecule has 0 radical (unpaired) electrons. The molecule has 0 heterocycles. The fraction of sp³-hybridized carbons (Fsp3) is 0.833. The predicted octanol–water partition coefficient (Wildman–Crippen LogP) is 2.46. The van der Waals surface area contributed by atoms with E-state index in [1.165, 1.54) is 6.26 Å². The number of hydrogen-bond donors (Lipinski definition) is 1. The van der Waals surface area contributed by atoms with Crippen molar-refractivity contribution in [3.8, 4) is 0 Å². The maximum atomic E-state index is 5.76. The van der Waals surface area contributed by atoms with E-state index in [2.05, 4.69) is 20.4 Å². The Morgan fingerprint density at radius 1 is 1.13 bits per heavy atom. The Morgan fingerprint density at radius 2 is 1.73 bits per heavy atom. The summed E-state index contributed by atoms with van der Waals surface area (Å²) in [6.45, 7) is 13.0. The van der Waals surface area contributed by atoms with Crippen molar-refractivity contribution in [3.05, 3.63) is 12.8 Å². The average Bonchev–Trinajstić information content (AvgIpc) is 2.02. The predicted molar refractivity (Wildman–Crippen MR) is 63.7 cm³/mol. The minimum atomic E-state index is -0.208. The van der Waals surface area contributed by atoms with Crippen LogP contribution in [0, 0.1) is 0 Å². The van der Waals surface area contributed by atoms with Crippen LogP contribution in [-0.4, -0.2) is 24.4 Å². The van der Waals surface area contributed by atoms with Gasteiger partial charge in [0.05, 0.1) is 18.5 Å². The second-order valence-electron chi connectivity index (χ2n) is 4.94. The van der Waals surface area contributed by atoms with Crippen molar-refractivity contribution in [2.24, 2.45) is 5.73 Å². The third-order valence-electron chi connectivity index (χ3n) is 2.35. The van der Waals surface area contributed by atoms with Crippen molar-refractivity contribution in [3.63, 3.8) is 0 Å². The van der Waals surface area contributed by atoms with Gasteiger partial charge in [0.2, 0.25) is 0 Å². The lowest BCUT2D eigenvalue weighted by atomic mass is 10.0. The van der Waals surface area contributed by atoms with Crippen LogP contribution in [0.15, 0.2) is 12.8 Å². The molecule has 0 aromatic carbocycles. The summed E-state index contributed by atoms with van der Waals surface area (Å²) in [6, 6.07) is 0. The minimum absolute atomic E-state index is 0.140. The molecule has 90 valence electrons. The van der Waals surface area contributed by atoms with Gasteiger partial charge in [0.1, 0.15) is 5.60 Å². The molecule has 0 saturated heterocycles. The zero-order valence-corrected chi connectivity index (χ0v) is 10.5. The van der Waals surface area contributed by atoms with Crippen LogP contribution < -0.4 is 5.73 Å². The Bertz CT molecular complexity index is 188. The van der Waals surface area contributed by atoms with Gasteiger partial charge in [-0.3, -0.25) is 0 Å². The van der Waals surface area contributed by atoms with Crippen molar-refractivity contribution < 1.29 is 9.47 Å². The first kappa shape index (κ1) is 14.5. The number of hydrogen-bond acceptors (Lipinski definition) is 3. The van der Waals surface area contributed by atoms with E-state index in [-0.39, 0.29) is 11.2 Å². The lowest BCUT2D eigenvalue weighted by Crippen LogP contribution is -2.31. The first-order valence-electron chi connectivity index (χ1n) is 5.46. The van der Waals surface area contributed by atoms with E-state index in [1.807, 2.05) is 13.8 Å². The van der Waals surface area contributed by atoms with Crippen LogP contribution in [0.5, 0.6) is 0 Å². The zero-order chi connectivity index (χ0) is 11.9. The van der Waals surface area contributed by atoms with Crippen LogP contribution in [0.3, 0.4) is 0 Å². The average molecular weight is 215 g/mol. The Morgan fingerprint density at radius 3 is 2.20 bits per heavy atom. The van der Waals surface area contributed by atoms with Gasteiger partial charge in [-0.05, 0) is 40.7 Å². The van der Waals surface area contributed by atoms with Crippen molar-refractivity contribution in [2.45, 2.75) is 51.7 Å². The molecule has 0 fully saturated rings. The summed E-state index contributed by atoms with van der Waals surface area (Å²) in [6.07, 6.45) is 3.19. The molecule has 0 unspecified atom stereocenters. The molecule has 0 amide bonds. The summed E-state index contributed by atoms with van der Waals surface area (Å²) < 4.78 is 11.1. The van der Waals surface area contributed by atoms with Crippen LogP contribution >= 0.6 is 0 Å². The molecule has 3 heteroatoms. The molecule has 0 bridgehead atoms. The van der Waals surface area contributed by atoms with Gasteiger partial charge < -0.3 is 15.2 Å². The fourth-order valence-corrected chi connectivity index (χ4v) is 1.28. The van der Waals surface area contributed by atoms with Crippen molar-refractivity contribution in [1.29, 1.82) is 0 Å². The normalized spacial score (nSPS) is 12.6. The highest BCUT2D eigenvalue weighted by Crippen LogP contribution is 2.18. The van der Waals surface area contributed by atoms with Crippen LogP contribution in [-0.2, 0) is 9.47 Å². The second-order valence-corrected chi connectivity index (χ2v) is 4.94. The number of ether oxygens (including phenoxy) is 2. The van der Waals surface area contributed by atoms with Crippen LogP contribution in [0.25, 0.3) is 0 Å². The van der Waals surface area contributed by atoms with Crippen LogP contribution in [0.4, 0.5) is 0 Å². The third-order valence-corrected chi connectivity index (χ3v) is 2.35. The standard InChI is InChI=1S/C12H25NO2/c1-6-14-12(4,5)8-10-15-11(2,3)7-9-13/h6H,1,7-10,13H2,2-5H3. The van der Waals surface area contributed by atoms with Gasteiger partial charge in [0.15, 0.2) is 0 Å². The molecule has 0 aliphatic carbocycles. The molecular weight excluding hydrogens is 190 g/mol. The van der Waals surface area contributed by atoms with Crippen LogP contribution in [0.1, 0.15) is 40.5 Å². The van der Waals surface area contributed by atoms with Crippen molar-refractivity contribution in [1.82, 2.24) is 0 Å². The summed E-state index contributed by atoms with van der Waals surface area (Å²) >= 11 is 0. The molecule has 15 heavy (non-hydrogen) atoms. The molecular formula is C12H25NO2. The molecule has 0 atom stereocenters. The van der Waals surface area contributed by atoms with Crippen molar-refractivity contribution >= 4 is 0 Å². The zero-order valence-electron chi connectivity index (χ0n) is 10.5. The monoisotopic (exact) mass is 215 g/mol. The molecule has 0 spiro atoms. The van der Waals surface area contributed by atoms with Gasteiger partial charge in [0.25, 0.3) is 0 Å². The summed E-state index contributed by atoms with van der Waals surface area (Å²) in [5.41, 5.74) is 5.15. The van der Waals surface area contributed by atoms with Gasteiger partial charge in [-0.2, -0.15) is 0 Å². The van der Waals surface area contributed by atoms with Gasteiger partial charge in [-0.15, -0.1) is 0 Å². The Hall–Kier alpha value is -0.540. The van der Waals surface area contributed by atoms with Gasteiger partial charge in [-0.25, -0.2) is 0 Å². The van der Waals surface area contributed by atoms with Crippen molar-refractivity contribution in [2.75, 3.05) is 13.2 Å². The van der Waals surface area contributed by atoms with Gasteiger partial charge in [-0.1, -0.05) is 6.58 Å². The number of rotatable bonds is 8. The summed E-state index contributed by atoms with van der Waals surface area (Å²) in [7, 11) is 0. The lowest BCUT2D eigenvalue weighted by Gasteiger charge is -2.28. The quantitative estimate of drug-likeness (QED) is 0.633. The summed E-state index contributed by atoms with van der Waals surface area (Å²) in [4.78, 5) is 0. The molecule has 0 aliphatic heterocycles. The van der Waals surface area contributed by atoms with Crippen LogP contribution in [0.2, 0.25) is 0 Å². The van der Waals surface area contributed by atoms with E-state index in [0.717, 1.165) is 12.8 Å². The Kier molecular flexibility index (Phi) is 5.91. The van der Waals surface area contributed by atoms with E-state index in [0.29, 0.717) is 13.2 Å². The second kappa shape index (κ2) is 6.13. The highest BCUT2D eigenvalue weighted by Gasteiger charge is 2.21. The fourth-order valence-electron chi connectivity index (χ4n) is 1.28. The maximum absolute atomic E-state index is 5.76. The molecule has 2 N–H and O–H groups in total. The molecule has 3 nitrogen and oxygen atoms in total. The largest absolute Gasteiger partial charge is 0.496 e. The molecule has 0 rings (SSSR count). The molecule has 0 aromatic rings. The Labute approximate surface area is 93.6 Å². The lowest BCUT2D eigenvalue weighted by molar-refractivity contribution is -0.0515. The topological polar surface area (TPSA) is 44.5 Å². The molecule has 0 aliphatic rings. The Balaban J connectivity index is 3.82. The molecule has 0 aromatic heterocycles. The van der Waals surface area contributed by atoms with Gasteiger partial charge in [0, 0.05) is 6.42 Å². The van der Waals surface area contributed by atoms with E-state index in [9.17, 15) is 0 Å². The maximum Gasteiger partial charge on any atom is 0.105 e. The van der Waals surface area contributed by atoms with E-state index in [4.69, 9.17) is 15.2 Å². The SMILES string of the molecule is C=COC(C)(C)CCOC(C)(C)CCN. The summed E-state index contributed by atoms with van der Waals surface area (Å²) in [5.74, 6) is 0. The minimum Gasteiger partial charge on any atom is -0.496 e. The van der Waals surface area contributed by atoms with E-state index in [1.54, 1.807) is 0 Å². The first-order valence-corrected chi connectivity index (χ1v) is 5.46. The van der Waals surface area contributed by atoms with E-state index >= 15 is 0 Å². The third kappa shape index (κ3) is 7.40. The highest BCUT2D eigenvalue weighted by molar-refractivity contribution is 4.74. The summed E-state index contributed by atoms with van der Waals surface area (Å²) in [5, 5.41) is 0. The molecule has 0 saturated carbocycles. The van der Waals surface area contributed by atoms with E-state index < -0.39 is 0 Å². The highest BCUT2D eigenvalue weighted by atomic mass is 16.5. The first-order chi connectivity index (χ1) is 6.83.